The lowest BCUT2D eigenvalue weighted by atomic mass is 10.1. The van der Waals surface area contributed by atoms with Crippen molar-refractivity contribution in [1.82, 2.24) is 10.2 Å². The smallest absolute Gasteiger partial charge is 0.261 e. The van der Waals surface area contributed by atoms with Crippen LogP contribution in [0.1, 0.15) is 25.0 Å². The highest BCUT2D eigenvalue weighted by molar-refractivity contribution is 9.10. The molecule has 27 heavy (non-hydrogen) atoms. The molecule has 0 heterocycles. The largest absolute Gasteiger partial charge is 0.484 e. The minimum Gasteiger partial charge on any atom is -0.484 e. The lowest BCUT2D eigenvalue weighted by Gasteiger charge is -2.29. The number of likely N-dealkylation sites (N-methyl/N-ethyl adjacent to an activating group) is 1. The zero-order valence-corrected chi connectivity index (χ0v) is 17.5. The first-order chi connectivity index (χ1) is 12.9. The molecule has 0 fully saturated rings. The summed E-state index contributed by atoms with van der Waals surface area (Å²) in [6.45, 7) is 6.33. The maximum atomic E-state index is 12.9. The van der Waals surface area contributed by atoms with Crippen molar-refractivity contribution in [2.24, 2.45) is 0 Å². The molecule has 0 saturated carbocycles. The van der Waals surface area contributed by atoms with Crippen molar-refractivity contribution in [1.29, 1.82) is 0 Å². The van der Waals surface area contributed by atoms with Crippen molar-refractivity contribution in [2.45, 2.75) is 33.4 Å². The molecule has 1 N–H and O–H groups in total. The number of nitrogens with zero attached hydrogens (tertiary/aromatic N) is 1. The molecule has 2 aromatic rings. The quantitative estimate of drug-likeness (QED) is 0.691. The van der Waals surface area contributed by atoms with Crippen molar-refractivity contribution in [3.8, 4) is 5.75 Å². The van der Waals surface area contributed by atoms with Gasteiger partial charge in [0.05, 0.1) is 0 Å². The third-order valence-corrected chi connectivity index (χ3v) is 4.82. The monoisotopic (exact) mass is 432 g/mol. The van der Waals surface area contributed by atoms with Crippen LogP contribution in [0.15, 0.2) is 53.0 Å². The van der Waals surface area contributed by atoms with Crippen LogP contribution in [0.25, 0.3) is 0 Å². The molecular formula is C21H25BrN2O3. The zero-order valence-electron chi connectivity index (χ0n) is 15.9. The van der Waals surface area contributed by atoms with E-state index < -0.39 is 6.04 Å². The van der Waals surface area contributed by atoms with Crippen LogP contribution < -0.4 is 10.1 Å². The Morgan fingerprint density at radius 2 is 1.81 bits per heavy atom. The Labute approximate surface area is 168 Å². The molecule has 0 unspecified atom stereocenters. The fourth-order valence-corrected chi connectivity index (χ4v) is 2.90. The van der Waals surface area contributed by atoms with Crippen molar-refractivity contribution in [3.63, 3.8) is 0 Å². The number of ether oxygens (including phenoxy) is 1. The van der Waals surface area contributed by atoms with Gasteiger partial charge in [-0.05, 0) is 56.2 Å². The van der Waals surface area contributed by atoms with E-state index in [2.05, 4.69) is 21.2 Å². The van der Waals surface area contributed by atoms with Crippen LogP contribution in [-0.4, -0.2) is 35.9 Å². The maximum absolute atomic E-state index is 12.9. The first-order valence-electron chi connectivity index (χ1n) is 8.92. The summed E-state index contributed by atoms with van der Waals surface area (Å²) in [5.74, 6) is 0.191. The lowest BCUT2D eigenvalue weighted by molar-refractivity contribution is -0.142. The maximum Gasteiger partial charge on any atom is 0.261 e. The molecule has 0 aliphatic carbocycles. The predicted octanol–water partition coefficient (Wildman–Crippen LogP) is 3.69. The van der Waals surface area contributed by atoms with Gasteiger partial charge < -0.3 is 15.0 Å². The summed E-state index contributed by atoms with van der Waals surface area (Å²) >= 11 is 3.37. The summed E-state index contributed by atoms with van der Waals surface area (Å²) < 4.78 is 6.56. The second kappa shape index (κ2) is 10.1. The van der Waals surface area contributed by atoms with Gasteiger partial charge in [-0.3, -0.25) is 9.59 Å². The summed E-state index contributed by atoms with van der Waals surface area (Å²) in [7, 11) is 0. The first kappa shape index (κ1) is 21.0. The molecule has 144 valence electrons. The van der Waals surface area contributed by atoms with Crippen LogP contribution in [0, 0.1) is 6.92 Å². The van der Waals surface area contributed by atoms with Gasteiger partial charge in [0.15, 0.2) is 6.61 Å². The number of carbonyl (C=O) groups is 2. The van der Waals surface area contributed by atoms with E-state index in [4.69, 9.17) is 4.74 Å². The molecule has 2 aromatic carbocycles. The van der Waals surface area contributed by atoms with Crippen molar-refractivity contribution in [3.05, 3.63) is 64.1 Å². The number of hydrogen-bond donors (Lipinski definition) is 1. The molecule has 0 radical (unpaired) electrons. The minimum absolute atomic E-state index is 0.128. The fourth-order valence-electron chi connectivity index (χ4n) is 2.63. The van der Waals surface area contributed by atoms with E-state index in [0.29, 0.717) is 18.8 Å². The van der Waals surface area contributed by atoms with Gasteiger partial charge in [-0.15, -0.1) is 0 Å². The van der Waals surface area contributed by atoms with E-state index in [1.165, 1.54) is 0 Å². The first-order valence-corrected chi connectivity index (χ1v) is 9.71. The van der Waals surface area contributed by atoms with Crippen LogP contribution in [0.2, 0.25) is 0 Å². The van der Waals surface area contributed by atoms with Gasteiger partial charge in [0.1, 0.15) is 11.8 Å². The Bertz CT molecular complexity index is 777. The molecule has 0 aliphatic heterocycles. The number of carbonyl (C=O) groups excluding carboxylic acids is 2. The van der Waals surface area contributed by atoms with Gasteiger partial charge in [-0.2, -0.15) is 0 Å². The van der Waals surface area contributed by atoms with Crippen molar-refractivity contribution in [2.75, 3.05) is 13.2 Å². The number of rotatable bonds is 8. The molecule has 0 spiro atoms. The van der Waals surface area contributed by atoms with Crippen LogP contribution in [-0.2, 0) is 16.1 Å². The summed E-state index contributed by atoms with van der Waals surface area (Å²) in [6, 6.07) is 14.5. The normalized spacial score (nSPS) is 11.6. The second-order valence-electron chi connectivity index (χ2n) is 6.26. The van der Waals surface area contributed by atoms with E-state index >= 15 is 0 Å². The Balaban J connectivity index is 2.14. The summed E-state index contributed by atoms with van der Waals surface area (Å²) in [6.07, 6.45) is 0. The van der Waals surface area contributed by atoms with Gasteiger partial charge in [0.25, 0.3) is 5.91 Å². The summed E-state index contributed by atoms with van der Waals surface area (Å²) in [4.78, 5) is 26.7. The van der Waals surface area contributed by atoms with E-state index in [1.54, 1.807) is 24.0 Å². The van der Waals surface area contributed by atoms with Gasteiger partial charge in [-0.1, -0.05) is 40.2 Å². The predicted molar refractivity (Wildman–Crippen MR) is 110 cm³/mol. The number of amides is 2. The Kier molecular flexibility index (Phi) is 7.85. The van der Waals surface area contributed by atoms with Gasteiger partial charge in [0, 0.05) is 17.6 Å². The minimum atomic E-state index is -0.592. The molecular weight excluding hydrogens is 408 g/mol. The summed E-state index contributed by atoms with van der Waals surface area (Å²) in [5, 5.41) is 2.78. The molecule has 5 nitrogen and oxygen atoms in total. The highest BCUT2D eigenvalue weighted by atomic mass is 79.9. The Morgan fingerprint density at radius 1 is 1.15 bits per heavy atom. The van der Waals surface area contributed by atoms with Crippen molar-refractivity contribution >= 4 is 27.7 Å². The molecule has 0 aliphatic rings. The third kappa shape index (κ3) is 6.10. The topological polar surface area (TPSA) is 58.6 Å². The molecule has 2 amide bonds. The lowest BCUT2D eigenvalue weighted by Crippen LogP contribution is -2.49. The Morgan fingerprint density at radius 3 is 2.44 bits per heavy atom. The SMILES string of the molecule is CCNC(=O)[C@@H](C)N(Cc1ccccc1C)C(=O)COc1ccc(Br)cc1. The van der Waals surface area contributed by atoms with Crippen LogP contribution in [0.4, 0.5) is 0 Å². The molecule has 2 rings (SSSR count). The number of benzene rings is 2. The van der Waals surface area contributed by atoms with E-state index in [-0.39, 0.29) is 18.4 Å². The molecule has 0 aromatic heterocycles. The second-order valence-corrected chi connectivity index (χ2v) is 7.18. The van der Waals surface area contributed by atoms with E-state index in [9.17, 15) is 9.59 Å². The van der Waals surface area contributed by atoms with Gasteiger partial charge >= 0.3 is 0 Å². The van der Waals surface area contributed by atoms with E-state index in [1.807, 2.05) is 50.2 Å². The standard InChI is InChI=1S/C21H25BrN2O3/c1-4-23-21(26)16(3)24(13-17-8-6-5-7-15(17)2)20(25)14-27-19-11-9-18(22)10-12-19/h5-12,16H,4,13-14H2,1-3H3,(H,23,26)/t16-/m1/s1. The molecule has 1 atom stereocenters. The van der Waals surface area contributed by atoms with Crippen LogP contribution in [0.3, 0.4) is 0 Å². The highest BCUT2D eigenvalue weighted by Gasteiger charge is 2.26. The summed E-state index contributed by atoms with van der Waals surface area (Å²) in [5.41, 5.74) is 2.08. The number of nitrogens with one attached hydrogen (secondary N) is 1. The number of hydrogen-bond acceptors (Lipinski definition) is 3. The van der Waals surface area contributed by atoms with Gasteiger partial charge in [-0.25, -0.2) is 0 Å². The van der Waals surface area contributed by atoms with Crippen LogP contribution in [0.5, 0.6) is 5.75 Å². The van der Waals surface area contributed by atoms with E-state index in [0.717, 1.165) is 15.6 Å². The Hall–Kier alpha value is -2.34. The number of halogens is 1. The molecule has 0 saturated heterocycles. The average Bonchev–Trinajstić information content (AvgIpc) is 2.66. The third-order valence-electron chi connectivity index (χ3n) is 4.30. The fraction of sp³-hybridized carbons (Fsp3) is 0.333. The average molecular weight is 433 g/mol. The molecule has 6 heteroatoms. The van der Waals surface area contributed by atoms with Gasteiger partial charge in [0.2, 0.25) is 5.91 Å². The molecule has 0 bridgehead atoms. The van der Waals surface area contributed by atoms with Crippen molar-refractivity contribution < 1.29 is 14.3 Å². The van der Waals surface area contributed by atoms with Crippen LogP contribution >= 0.6 is 15.9 Å². The zero-order chi connectivity index (χ0) is 19.8. The highest BCUT2D eigenvalue weighted by Crippen LogP contribution is 2.17. The number of aryl methyl sites for hydroxylation is 1.